The van der Waals surface area contributed by atoms with Gasteiger partial charge in [-0.1, -0.05) is 0 Å². The lowest BCUT2D eigenvalue weighted by molar-refractivity contribution is -0.137. The quantitative estimate of drug-likeness (QED) is 0.526. The third kappa shape index (κ3) is 2.89. The van der Waals surface area contributed by atoms with Gasteiger partial charge < -0.3 is 14.3 Å². The first kappa shape index (κ1) is 17.4. The summed E-state index contributed by atoms with van der Waals surface area (Å²) in [5, 5.41) is 19.4. The molecule has 1 amide bonds. The number of aliphatic hydroxyl groups excluding tert-OH is 1. The van der Waals surface area contributed by atoms with Gasteiger partial charge in [-0.15, -0.1) is 0 Å². The van der Waals surface area contributed by atoms with Crippen molar-refractivity contribution in [2.24, 2.45) is 0 Å². The molecule has 1 aromatic carbocycles. The van der Waals surface area contributed by atoms with Crippen molar-refractivity contribution in [1.82, 2.24) is 9.79 Å². The maximum atomic E-state index is 13.0. The van der Waals surface area contributed by atoms with Crippen LogP contribution in [0.2, 0.25) is 0 Å². The number of fused-ring (bicyclic) bond motifs is 1. The summed E-state index contributed by atoms with van der Waals surface area (Å²) in [6, 6.07) is 4.07. The second-order valence-corrected chi connectivity index (χ2v) is 7.33. The zero-order chi connectivity index (χ0) is 18.2. The number of furan rings is 1. The van der Waals surface area contributed by atoms with Crippen LogP contribution in [0.25, 0.3) is 0 Å². The standard InChI is InChI=1S/C15H16N2O7S/c1-23-10-2-4-11(5-3-10)25(21,22)17-6-9-7-24-8-12(9)14(18)13(17)15(19)16-20/h2-5,7-8,13-14,18,20H,6H2,1H3,(H,16,19). The van der Waals surface area contributed by atoms with Crippen molar-refractivity contribution in [3.63, 3.8) is 0 Å². The molecule has 0 radical (unpaired) electrons. The van der Waals surface area contributed by atoms with E-state index in [1.807, 2.05) is 0 Å². The second-order valence-electron chi connectivity index (χ2n) is 5.44. The number of hydroxylamine groups is 1. The zero-order valence-electron chi connectivity index (χ0n) is 13.1. The Morgan fingerprint density at radius 2 is 2.00 bits per heavy atom. The van der Waals surface area contributed by atoms with Gasteiger partial charge >= 0.3 is 0 Å². The number of methoxy groups -OCH3 is 1. The molecule has 1 aromatic heterocycles. The predicted octanol–water partition coefficient (Wildman–Crippen LogP) is 0.400. The maximum Gasteiger partial charge on any atom is 0.264 e. The van der Waals surface area contributed by atoms with Gasteiger partial charge in [0.15, 0.2) is 0 Å². The Labute approximate surface area is 143 Å². The summed E-state index contributed by atoms with van der Waals surface area (Å²) in [7, 11) is -2.69. The SMILES string of the molecule is COc1ccc(S(=O)(=O)N2Cc3cocc3C(O)C2C(=O)NO)cc1. The highest BCUT2D eigenvalue weighted by Gasteiger charge is 2.45. The van der Waals surface area contributed by atoms with Gasteiger partial charge in [0.1, 0.15) is 17.9 Å². The molecule has 3 N–H and O–H groups in total. The molecule has 134 valence electrons. The number of carbonyl (C=O) groups excluding carboxylic acids is 1. The summed E-state index contributed by atoms with van der Waals surface area (Å²) < 4.78 is 36.8. The summed E-state index contributed by atoms with van der Waals surface area (Å²) in [5.41, 5.74) is 2.14. The van der Waals surface area contributed by atoms with E-state index < -0.39 is 28.1 Å². The second kappa shape index (κ2) is 6.48. The van der Waals surface area contributed by atoms with E-state index in [1.165, 1.54) is 49.4 Å². The minimum Gasteiger partial charge on any atom is -0.497 e. The number of carbonyl (C=O) groups is 1. The summed E-state index contributed by atoms with van der Waals surface area (Å²) in [4.78, 5) is 11.9. The number of sulfonamides is 1. The molecular formula is C15H16N2O7S. The minimum atomic E-state index is -4.14. The van der Waals surface area contributed by atoms with Crippen LogP contribution >= 0.6 is 0 Å². The lowest BCUT2D eigenvalue weighted by Gasteiger charge is -2.36. The number of nitrogens with zero attached hydrogens (tertiary/aromatic N) is 1. The zero-order valence-corrected chi connectivity index (χ0v) is 13.9. The molecule has 1 aliphatic rings. The average molecular weight is 368 g/mol. The van der Waals surface area contributed by atoms with Gasteiger partial charge in [-0.2, -0.15) is 4.31 Å². The molecule has 0 bridgehead atoms. The Balaban J connectivity index is 2.06. The number of aliphatic hydroxyl groups is 1. The Kier molecular flexibility index (Phi) is 4.52. The number of benzene rings is 1. The van der Waals surface area contributed by atoms with E-state index in [2.05, 4.69) is 0 Å². The third-order valence-corrected chi connectivity index (χ3v) is 5.92. The molecule has 0 saturated heterocycles. The summed E-state index contributed by atoms with van der Waals surface area (Å²) in [6.07, 6.45) is 1.07. The lowest BCUT2D eigenvalue weighted by Crippen LogP contribution is -2.53. The summed E-state index contributed by atoms with van der Waals surface area (Å²) in [6.45, 7) is -0.185. The topological polar surface area (TPSA) is 129 Å². The van der Waals surface area contributed by atoms with Gasteiger partial charge in [0.2, 0.25) is 10.0 Å². The van der Waals surface area contributed by atoms with Crippen molar-refractivity contribution < 1.29 is 32.7 Å². The molecule has 0 aliphatic carbocycles. The third-order valence-electron chi connectivity index (χ3n) is 4.08. The highest BCUT2D eigenvalue weighted by Crippen LogP contribution is 2.36. The first-order valence-electron chi connectivity index (χ1n) is 7.23. The Bertz CT molecular complexity index is 876. The molecular weight excluding hydrogens is 352 g/mol. The van der Waals surface area contributed by atoms with Gasteiger partial charge in [-0.05, 0) is 24.3 Å². The lowest BCUT2D eigenvalue weighted by atomic mass is 9.96. The van der Waals surface area contributed by atoms with E-state index in [9.17, 15) is 18.3 Å². The Hall–Kier alpha value is -2.40. The van der Waals surface area contributed by atoms with Gasteiger partial charge in [0, 0.05) is 17.7 Å². The Morgan fingerprint density at radius 1 is 1.32 bits per heavy atom. The number of amides is 1. The molecule has 0 spiro atoms. The van der Waals surface area contributed by atoms with Crippen LogP contribution in [0.5, 0.6) is 5.75 Å². The average Bonchev–Trinajstić information content (AvgIpc) is 3.10. The van der Waals surface area contributed by atoms with Crippen molar-refractivity contribution in [3.05, 3.63) is 47.9 Å². The molecule has 2 heterocycles. The smallest absolute Gasteiger partial charge is 0.264 e. The van der Waals surface area contributed by atoms with Gasteiger partial charge in [-0.25, -0.2) is 13.9 Å². The number of hydrogen-bond acceptors (Lipinski definition) is 7. The number of nitrogens with one attached hydrogen (secondary N) is 1. The first-order valence-corrected chi connectivity index (χ1v) is 8.67. The Morgan fingerprint density at radius 3 is 2.60 bits per heavy atom. The van der Waals surface area contributed by atoms with Crippen LogP contribution < -0.4 is 10.2 Å². The van der Waals surface area contributed by atoms with E-state index in [4.69, 9.17) is 14.4 Å². The number of ether oxygens (including phenoxy) is 1. The van der Waals surface area contributed by atoms with Crippen molar-refractivity contribution in [2.75, 3.05) is 7.11 Å². The first-order chi connectivity index (χ1) is 11.9. The maximum absolute atomic E-state index is 13.0. The highest BCUT2D eigenvalue weighted by molar-refractivity contribution is 7.89. The van der Waals surface area contributed by atoms with Crippen LogP contribution in [-0.2, 0) is 21.4 Å². The summed E-state index contributed by atoms with van der Waals surface area (Å²) >= 11 is 0. The van der Waals surface area contributed by atoms with Gasteiger partial charge in [0.25, 0.3) is 5.91 Å². The fourth-order valence-corrected chi connectivity index (χ4v) is 4.34. The highest BCUT2D eigenvalue weighted by atomic mass is 32.2. The van der Waals surface area contributed by atoms with Crippen LogP contribution in [0.15, 0.2) is 46.1 Å². The molecule has 1 aliphatic heterocycles. The fourth-order valence-electron chi connectivity index (χ4n) is 2.77. The van der Waals surface area contributed by atoms with Crippen LogP contribution in [0.4, 0.5) is 0 Å². The molecule has 3 rings (SSSR count). The fraction of sp³-hybridized carbons (Fsp3) is 0.267. The molecule has 9 nitrogen and oxygen atoms in total. The number of hydrogen-bond donors (Lipinski definition) is 3. The predicted molar refractivity (Wildman–Crippen MR) is 83.1 cm³/mol. The van der Waals surface area contributed by atoms with Gasteiger partial charge in [-0.3, -0.25) is 10.0 Å². The van der Waals surface area contributed by atoms with Crippen molar-refractivity contribution in [2.45, 2.75) is 23.6 Å². The van der Waals surface area contributed by atoms with Crippen LogP contribution in [0.1, 0.15) is 17.2 Å². The normalized spacial score (nSPS) is 20.8. The van der Waals surface area contributed by atoms with E-state index in [0.717, 1.165) is 4.31 Å². The largest absolute Gasteiger partial charge is 0.497 e. The minimum absolute atomic E-state index is 0.0804. The monoisotopic (exact) mass is 368 g/mol. The van der Waals surface area contributed by atoms with Crippen molar-refractivity contribution in [1.29, 1.82) is 0 Å². The number of rotatable bonds is 4. The van der Waals surface area contributed by atoms with E-state index >= 15 is 0 Å². The van der Waals surface area contributed by atoms with Crippen molar-refractivity contribution >= 4 is 15.9 Å². The van der Waals surface area contributed by atoms with Gasteiger partial charge in [0.05, 0.1) is 24.5 Å². The molecule has 10 heteroatoms. The van der Waals surface area contributed by atoms with E-state index in [-0.39, 0.29) is 11.4 Å². The van der Waals surface area contributed by atoms with E-state index in [0.29, 0.717) is 16.9 Å². The molecule has 2 unspecified atom stereocenters. The van der Waals surface area contributed by atoms with E-state index in [1.54, 1.807) is 0 Å². The molecule has 2 atom stereocenters. The molecule has 25 heavy (non-hydrogen) atoms. The van der Waals surface area contributed by atoms with Crippen LogP contribution in [0.3, 0.4) is 0 Å². The molecule has 0 fully saturated rings. The van der Waals surface area contributed by atoms with Crippen LogP contribution in [0, 0.1) is 0 Å². The molecule has 0 saturated carbocycles. The summed E-state index contributed by atoms with van der Waals surface area (Å²) in [5.74, 6) is -0.573. The van der Waals surface area contributed by atoms with Crippen LogP contribution in [-0.4, -0.2) is 42.1 Å². The van der Waals surface area contributed by atoms with Crippen molar-refractivity contribution in [3.8, 4) is 5.75 Å². The molecule has 2 aromatic rings.